The summed E-state index contributed by atoms with van der Waals surface area (Å²) in [6.45, 7) is 1.84. The van der Waals surface area contributed by atoms with Crippen LogP contribution < -0.4 is 21.8 Å². The van der Waals surface area contributed by atoms with Crippen LogP contribution >= 0.6 is 11.3 Å². The molecule has 0 aromatic carbocycles. The molecule has 5 rings (SSSR count). The molecule has 23 nitrogen and oxygen atoms in total. The Labute approximate surface area is 295 Å². The molecule has 3 atom stereocenters. The molecule has 0 spiro atoms. The van der Waals surface area contributed by atoms with Gasteiger partial charge in [-0.2, -0.15) is 13.1 Å². The minimum atomic E-state index is -5.18. The summed E-state index contributed by atoms with van der Waals surface area (Å²) in [6.07, 6.45) is 1.03. The number of carboxylic acid groups (broad SMARTS) is 1. The Morgan fingerprint density at radius 2 is 1.94 bits per heavy atom. The van der Waals surface area contributed by atoms with E-state index in [4.69, 9.17) is 15.1 Å². The van der Waals surface area contributed by atoms with Crippen LogP contribution in [-0.2, 0) is 29.5 Å². The fraction of sp³-hybridized carbons (Fsp3) is 0.370. The first-order valence-electron chi connectivity index (χ1n) is 14.8. The van der Waals surface area contributed by atoms with Crippen molar-refractivity contribution < 1.29 is 61.7 Å². The number of nitrogens with zero attached hydrogens (tertiary/aromatic N) is 6. The lowest BCUT2D eigenvalue weighted by Crippen LogP contribution is -2.74. The number of hydrogen-bond acceptors (Lipinski definition) is 17. The lowest BCUT2D eigenvalue weighted by atomic mass is 9.98. The van der Waals surface area contributed by atoms with Crippen LogP contribution in [0.15, 0.2) is 38.2 Å². The smallest absolute Gasteiger partial charge is 0.362 e. The Balaban J connectivity index is 1.26. The van der Waals surface area contributed by atoms with E-state index in [0.29, 0.717) is 17.3 Å². The highest BCUT2D eigenvalue weighted by atomic mass is 32.2. The zero-order chi connectivity index (χ0) is 38.3. The zero-order valence-corrected chi connectivity index (χ0v) is 28.5. The number of anilines is 1. The number of aliphatic carboxylic acids is 1. The molecule has 4 amide bonds. The molecular weight excluding hydrogens is 738 g/mol. The predicted octanol–water partition coefficient (Wildman–Crippen LogP) is -2.04. The number of nitrogens with two attached hydrogens (primary N) is 1. The average Bonchev–Trinajstić information content (AvgIpc) is 3.84. The summed E-state index contributed by atoms with van der Waals surface area (Å²) in [6, 6.07) is -1.21. The first-order chi connectivity index (χ1) is 24.3. The number of thiazole rings is 1. The minimum absolute atomic E-state index is 0.00689. The van der Waals surface area contributed by atoms with Crippen molar-refractivity contribution in [2.75, 3.05) is 25.4 Å². The molecule has 2 saturated heterocycles. The van der Waals surface area contributed by atoms with E-state index in [1.807, 2.05) is 0 Å². The molecule has 25 heteroatoms. The van der Waals surface area contributed by atoms with E-state index in [9.17, 15) is 57.2 Å². The molecule has 278 valence electrons. The first-order valence-corrected chi connectivity index (χ1v) is 17.1. The maximum absolute atomic E-state index is 13.3. The summed E-state index contributed by atoms with van der Waals surface area (Å²) >= 11 is 0.893. The first kappa shape index (κ1) is 37.2. The molecule has 0 aliphatic carbocycles. The van der Waals surface area contributed by atoms with Crippen molar-refractivity contribution in [3.8, 4) is 5.75 Å². The standard InChI is InChI=1S/C27H29N9O14S2/c1-27(2,25(43)44)50-33-19(13-10-51-26(28)30-13)22(40)31-20-15(36(24(20)42)52(46,47)48)7-29-21(39)18-5-12(32-49-18)11-3-4-34(8-11)23(41)14-6-16(37)17(38)9-35(14)45/h5-6,9-11,15,20,38,45H,3-4,7-8H2,1-2H3,(H2,28,30)(H,29,39)(H,31,40)(H,43,44)(H,46,47,48)/b33-19-/t11-,15-,20+/m1/s1. The number of carbonyl (C=O) groups is 5. The van der Waals surface area contributed by atoms with Crippen LogP contribution in [0.25, 0.3) is 0 Å². The van der Waals surface area contributed by atoms with E-state index in [-0.39, 0.29) is 39.7 Å². The molecule has 3 aromatic heterocycles. The van der Waals surface area contributed by atoms with Gasteiger partial charge in [-0.05, 0) is 20.3 Å². The van der Waals surface area contributed by atoms with Crippen molar-refractivity contribution >= 4 is 62.1 Å². The minimum Gasteiger partial charge on any atom is -0.503 e. The number of aromatic nitrogens is 3. The van der Waals surface area contributed by atoms with Crippen molar-refractivity contribution in [3.63, 3.8) is 0 Å². The molecule has 3 aromatic rings. The van der Waals surface area contributed by atoms with Gasteiger partial charge in [0.15, 0.2) is 16.6 Å². The van der Waals surface area contributed by atoms with Crippen molar-refractivity contribution in [2.24, 2.45) is 5.16 Å². The fourth-order valence-corrected chi connectivity index (χ4v) is 6.49. The number of carboxylic acids is 1. The number of likely N-dealkylation sites (tertiary alicyclic amines) is 1. The van der Waals surface area contributed by atoms with E-state index in [2.05, 4.69) is 25.9 Å². The van der Waals surface area contributed by atoms with Gasteiger partial charge < -0.3 is 46.0 Å². The molecule has 2 fully saturated rings. The van der Waals surface area contributed by atoms with Gasteiger partial charge in [0.25, 0.3) is 23.6 Å². The molecule has 0 unspecified atom stereocenters. The van der Waals surface area contributed by atoms with Crippen LogP contribution in [0.3, 0.4) is 0 Å². The maximum Gasteiger partial charge on any atom is 0.362 e. The Morgan fingerprint density at radius 3 is 2.58 bits per heavy atom. The maximum atomic E-state index is 13.3. The number of aromatic hydroxyl groups is 1. The molecule has 0 saturated carbocycles. The normalized spacial score (nSPS) is 19.2. The van der Waals surface area contributed by atoms with Crippen LogP contribution in [0.1, 0.15) is 58.6 Å². The lowest BCUT2D eigenvalue weighted by Gasteiger charge is -2.44. The van der Waals surface area contributed by atoms with Gasteiger partial charge in [0.1, 0.15) is 17.4 Å². The number of β-lactam (4-membered cyclic amide) rings is 1. The van der Waals surface area contributed by atoms with Crippen LogP contribution in [0.2, 0.25) is 0 Å². The topological polar surface area (TPSA) is 339 Å². The highest BCUT2D eigenvalue weighted by Crippen LogP contribution is 2.28. The van der Waals surface area contributed by atoms with Crippen LogP contribution in [-0.4, -0.2) is 125 Å². The quantitative estimate of drug-likeness (QED) is 0.0343. The second-order valence-corrected chi connectivity index (χ2v) is 14.0. The summed E-state index contributed by atoms with van der Waals surface area (Å²) in [5, 5.41) is 42.0. The van der Waals surface area contributed by atoms with Gasteiger partial charge in [-0.15, -0.1) is 11.3 Å². The molecule has 0 bridgehead atoms. The van der Waals surface area contributed by atoms with Crippen molar-refractivity contribution in [1.29, 1.82) is 0 Å². The third-order valence-electron chi connectivity index (χ3n) is 7.91. The van der Waals surface area contributed by atoms with E-state index < -0.39 is 92.6 Å². The molecule has 52 heavy (non-hydrogen) atoms. The van der Waals surface area contributed by atoms with Crippen molar-refractivity contribution in [2.45, 2.75) is 43.9 Å². The molecule has 2 aliphatic heterocycles. The van der Waals surface area contributed by atoms with Crippen LogP contribution in [0.5, 0.6) is 5.75 Å². The van der Waals surface area contributed by atoms with E-state index in [1.165, 1.54) is 16.3 Å². The monoisotopic (exact) mass is 767 g/mol. The van der Waals surface area contributed by atoms with Gasteiger partial charge >= 0.3 is 16.3 Å². The lowest BCUT2D eigenvalue weighted by molar-refractivity contribution is -0.161. The van der Waals surface area contributed by atoms with Gasteiger partial charge in [0, 0.05) is 43.1 Å². The van der Waals surface area contributed by atoms with Gasteiger partial charge in [-0.3, -0.25) is 28.5 Å². The van der Waals surface area contributed by atoms with Crippen molar-refractivity contribution in [1.82, 2.24) is 34.7 Å². The molecule has 0 radical (unpaired) electrons. The highest BCUT2D eigenvalue weighted by molar-refractivity contribution is 7.84. The Morgan fingerprint density at radius 1 is 1.23 bits per heavy atom. The number of amides is 4. The Hall–Kier alpha value is -6.08. The molecule has 8 N–H and O–H groups in total. The number of nitrogens with one attached hydrogen (secondary N) is 2. The Bertz CT molecular complexity index is 2160. The number of oxime groups is 1. The fourth-order valence-electron chi connectivity index (χ4n) is 5.06. The number of nitrogen functional groups attached to an aromatic ring is 1. The summed E-state index contributed by atoms with van der Waals surface area (Å²) in [4.78, 5) is 85.4. The molecule has 5 heterocycles. The van der Waals surface area contributed by atoms with Gasteiger partial charge in [-0.1, -0.05) is 10.3 Å². The summed E-state index contributed by atoms with van der Waals surface area (Å²) in [7, 11) is -5.18. The second kappa shape index (κ2) is 13.9. The number of hydrogen-bond donors (Lipinski definition) is 7. The van der Waals surface area contributed by atoms with Gasteiger partial charge in [0.2, 0.25) is 16.8 Å². The third kappa shape index (κ3) is 7.49. The highest BCUT2D eigenvalue weighted by Gasteiger charge is 2.54. The number of carbonyl (C=O) groups excluding carboxylic acids is 4. The Kier molecular flexibility index (Phi) is 9.95. The third-order valence-corrected chi connectivity index (χ3v) is 9.53. The summed E-state index contributed by atoms with van der Waals surface area (Å²) < 4.78 is 39.1. The number of pyridine rings is 1. The van der Waals surface area contributed by atoms with Crippen molar-refractivity contribution in [3.05, 3.63) is 56.8 Å². The average molecular weight is 768 g/mol. The van der Waals surface area contributed by atoms with Gasteiger partial charge in [-0.25, -0.2) is 14.1 Å². The zero-order valence-electron chi connectivity index (χ0n) is 26.8. The SMILES string of the molecule is CC(C)(O/N=C(\C(=O)N[C@@H]1C(=O)N(S(=O)(=O)O)[C@@H]1CNC(=O)c1cc([C@@H]2CCN(C(=O)c3cc(=O)c(O)cn3O)C2)no1)c1csc(N)n1)C(=O)O. The summed E-state index contributed by atoms with van der Waals surface area (Å²) in [5.41, 5.74) is 1.91. The second-order valence-electron chi connectivity index (χ2n) is 11.9. The van der Waals surface area contributed by atoms with Gasteiger partial charge in [0.05, 0.1) is 17.9 Å². The van der Waals surface area contributed by atoms with E-state index >= 15 is 0 Å². The van der Waals surface area contributed by atoms with E-state index in [1.54, 1.807) is 0 Å². The summed E-state index contributed by atoms with van der Waals surface area (Å²) in [5.74, 6) is -7.12. The molecule has 2 aliphatic rings. The molecular formula is C27H29N9O14S2. The number of rotatable bonds is 12. The largest absolute Gasteiger partial charge is 0.503 e. The van der Waals surface area contributed by atoms with Crippen LogP contribution in [0, 0.1) is 0 Å². The van der Waals surface area contributed by atoms with Crippen LogP contribution in [0.4, 0.5) is 5.13 Å². The van der Waals surface area contributed by atoms with E-state index in [0.717, 1.165) is 31.3 Å². The predicted molar refractivity (Wildman–Crippen MR) is 172 cm³/mol.